The lowest BCUT2D eigenvalue weighted by Gasteiger charge is -2.37. The van der Waals surface area contributed by atoms with Gasteiger partial charge in [0.1, 0.15) is 0 Å². The summed E-state index contributed by atoms with van der Waals surface area (Å²) >= 11 is 6.06. The van der Waals surface area contributed by atoms with Crippen LogP contribution in [0.3, 0.4) is 0 Å². The van der Waals surface area contributed by atoms with E-state index in [1.54, 1.807) is 48.5 Å². The first-order valence-corrected chi connectivity index (χ1v) is 12.8. The van der Waals surface area contributed by atoms with Gasteiger partial charge in [-0.1, -0.05) is 42.0 Å². The number of carbonyl (C=O) groups is 1. The van der Waals surface area contributed by atoms with E-state index >= 15 is 0 Å². The van der Waals surface area contributed by atoms with Crippen molar-refractivity contribution in [3.63, 3.8) is 0 Å². The summed E-state index contributed by atoms with van der Waals surface area (Å²) in [6, 6.07) is 17.1. The highest BCUT2D eigenvalue weighted by molar-refractivity contribution is 7.92. The molecule has 3 N–H and O–H groups in total. The van der Waals surface area contributed by atoms with Crippen LogP contribution in [0, 0.1) is 12.8 Å². The fraction of sp³-hybridized carbons (Fsp3) is 0.192. The largest absolute Gasteiger partial charge is 0.478 e. The molecule has 3 unspecified atom stereocenters. The van der Waals surface area contributed by atoms with Crippen molar-refractivity contribution in [2.75, 3.05) is 10.0 Å². The molecule has 0 spiro atoms. The summed E-state index contributed by atoms with van der Waals surface area (Å²) in [4.78, 5) is 11.4. The molecule has 0 fully saturated rings. The van der Waals surface area contributed by atoms with E-state index in [-0.39, 0.29) is 28.3 Å². The maximum absolute atomic E-state index is 13.2. The first-order valence-electron chi connectivity index (χ1n) is 10.9. The summed E-state index contributed by atoms with van der Waals surface area (Å²) in [6.45, 7) is 1.82. The molecule has 0 saturated heterocycles. The Morgan fingerprint density at radius 2 is 1.85 bits per heavy atom. The van der Waals surface area contributed by atoms with Crippen LogP contribution in [0.2, 0.25) is 5.02 Å². The monoisotopic (exact) mass is 494 g/mol. The van der Waals surface area contributed by atoms with E-state index in [1.807, 2.05) is 19.1 Å². The molecule has 8 heteroatoms. The lowest BCUT2D eigenvalue weighted by atomic mass is 9.77. The van der Waals surface area contributed by atoms with Crippen LogP contribution in [0.25, 0.3) is 0 Å². The summed E-state index contributed by atoms with van der Waals surface area (Å²) in [6.07, 6.45) is 5.10. The van der Waals surface area contributed by atoms with Crippen molar-refractivity contribution in [1.29, 1.82) is 0 Å². The van der Waals surface area contributed by atoms with Gasteiger partial charge in [0, 0.05) is 16.6 Å². The van der Waals surface area contributed by atoms with Crippen molar-refractivity contribution in [1.82, 2.24) is 0 Å². The van der Waals surface area contributed by atoms with Crippen molar-refractivity contribution >= 4 is 39.0 Å². The van der Waals surface area contributed by atoms with Crippen LogP contribution in [0.1, 0.15) is 45.4 Å². The van der Waals surface area contributed by atoms with Gasteiger partial charge in [-0.15, -0.1) is 0 Å². The first-order chi connectivity index (χ1) is 16.2. The topological polar surface area (TPSA) is 95.5 Å². The third-order valence-corrected chi connectivity index (χ3v) is 8.20. The highest BCUT2D eigenvalue weighted by atomic mass is 35.5. The van der Waals surface area contributed by atoms with Crippen LogP contribution in [0.4, 0.5) is 11.4 Å². The second-order valence-corrected chi connectivity index (χ2v) is 10.8. The van der Waals surface area contributed by atoms with Crippen LogP contribution < -0.4 is 10.0 Å². The fourth-order valence-corrected chi connectivity index (χ4v) is 6.14. The van der Waals surface area contributed by atoms with Gasteiger partial charge in [-0.2, -0.15) is 0 Å². The second kappa shape index (κ2) is 8.49. The number of nitrogens with one attached hydrogen (secondary N) is 2. The number of anilines is 2. The number of benzene rings is 3. The summed E-state index contributed by atoms with van der Waals surface area (Å²) in [5, 5.41) is 13.2. The second-order valence-electron chi connectivity index (χ2n) is 8.72. The van der Waals surface area contributed by atoms with E-state index in [9.17, 15) is 18.3 Å². The van der Waals surface area contributed by atoms with Crippen molar-refractivity contribution in [3.05, 3.63) is 100 Å². The number of halogens is 1. The molecule has 1 heterocycles. The minimum Gasteiger partial charge on any atom is -0.478 e. The van der Waals surface area contributed by atoms with Crippen molar-refractivity contribution in [3.8, 4) is 0 Å². The van der Waals surface area contributed by atoms with Gasteiger partial charge in [0.2, 0.25) is 0 Å². The van der Waals surface area contributed by atoms with Crippen molar-refractivity contribution in [2.45, 2.75) is 30.2 Å². The highest BCUT2D eigenvalue weighted by Gasteiger charge is 2.38. The number of aromatic carboxylic acids is 1. The van der Waals surface area contributed by atoms with Gasteiger partial charge < -0.3 is 10.4 Å². The van der Waals surface area contributed by atoms with Gasteiger partial charge in [0.25, 0.3) is 10.0 Å². The first kappa shape index (κ1) is 22.5. The molecule has 0 radical (unpaired) electrons. The number of fused-ring (bicyclic) bond motifs is 3. The van der Waals surface area contributed by atoms with Crippen LogP contribution >= 0.6 is 11.6 Å². The van der Waals surface area contributed by atoms with E-state index in [2.05, 4.69) is 22.2 Å². The number of hydrogen-bond acceptors (Lipinski definition) is 4. The Morgan fingerprint density at radius 3 is 2.59 bits per heavy atom. The molecule has 6 nitrogen and oxygen atoms in total. The number of rotatable bonds is 5. The smallest absolute Gasteiger partial charge is 0.335 e. The Hall–Kier alpha value is -3.29. The zero-order valence-corrected chi connectivity index (χ0v) is 19.9. The van der Waals surface area contributed by atoms with Gasteiger partial charge in [-0.25, -0.2) is 13.2 Å². The maximum atomic E-state index is 13.2. The third kappa shape index (κ3) is 4.06. The van der Waals surface area contributed by atoms with E-state index in [0.717, 1.165) is 28.8 Å². The Bertz CT molecular complexity index is 1420. The molecule has 3 aromatic carbocycles. The number of allylic oxidation sites excluding steroid dienone is 2. The molecule has 3 atom stereocenters. The summed E-state index contributed by atoms with van der Waals surface area (Å²) in [5.74, 6) is -0.697. The lowest BCUT2D eigenvalue weighted by molar-refractivity contribution is 0.0697. The Labute approximate surface area is 203 Å². The molecule has 0 bridgehead atoms. The average Bonchev–Trinajstić information content (AvgIpc) is 3.31. The summed E-state index contributed by atoms with van der Waals surface area (Å²) < 4.78 is 29.0. The van der Waals surface area contributed by atoms with Crippen LogP contribution in [-0.2, 0) is 10.0 Å². The zero-order chi connectivity index (χ0) is 24.0. The molecule has 2 aliphatic rings. The van der Waals surface area contributed by atoms with E-state index in [1.165, 1.54) is 0 Å². The number of carboxylic acids is 1. The van der Waals surface area contributed by atoms with E-state index in [4.69, 9.17) is 11.6 Å². The summed E-state index contributed by atoms with van der Waals surface area (Å²) in [7, 11) is -3.81. The number of sulfonamides is 1. The van der Waals surface area contributed by atoms with Gasteiger partial charge in [-0.05, 0) is 78.4 Å². The van der Waals surface area contributed by atoms with Gasteiger partial charge in [0.15, 0.2) is 0 Å². The van der Waals surface area contributed by atoms with Gasteiger partial charge in [0.05, 0.1) is 22.2 Å². The minimum atomic E-state index is -3.81. The predicted octanol–water partition coefficient (Wildman–Crippen LogP) is 5.97. The quantitative estimate of drug-likeness (QED) is 0.379. The number of hydrogen-bond donors (Lipinski definition) is 3. The molecule has 0 aromatic heterocycles. The highest BCUT2D eigenvalue weighted by Crippen LogP contribution is 2.50. The molecule has 1 aliphatic heterocycles. The molecule has 1 aliphatic carbocycles. The molecule has 3 aromatic rings. The average molecular weight is 495 g/mol. The zero-order valence-electron chi connectivity index (χ0n) is 18.3. The summed E-state index contributed by atoms with van der Waals surface area (Å²) in [5.41, 5.74) is 4.29. The molecule has 0 saturated carbocycles. The molecular weight excluding hydrogens is 472 g/mol. The van der Waals surface area contributed by atoms with Crippen molar-refractivity contribution in [2.24, 2.45) is 5.92 Å². The normalized spacial score (nSPS) is 20.8. The third-order valence-electron chi connectivity index (χ3n) is 6.61. The number of carboxylic acid groups (broad SMARTS) is 1. The number of aryl methyl sites for hydroxylation is 1. The molecule has 5 rings (SSSR count). The van der Waals surface area contributed by atoms with Crippen LogP contribution in [0.5, 0.6) is 0 Å². The molecule has 0 amide bonds. The maximum Gasteiger partial charge on any atom is 0.335 e. The standard InChI is InChI=1S/C26H23ClN2O4S/c1-15-5-10-18(27)13-24(15)29-34(32,33)19-11-12-23-22(14-19)20-3-2-4-21(20)25(28-23)16-6-8-17(9-7-16)26(30)31/h2-3,5-14,20-21,25,28-29H,4H2,1H3,(H,30,31). The van der Waals surface area contributed by atoms with Crippen LogP contribution in [-0.4, -0.2) is 19.5 Å². The van der Waals surface area contributed by atoms with Crippen LogP contribution in [0.15, 0.2) is 77.7 Å². The Morgan fingerprint density at radius 1 is 1.09 bits per heavy atom. The van der Waals surface area contributed by atoms with E-state index < -0.39 is 16.0 Å². The minimum absolute atomic E-state index is 0.00922. The predicted molar refractivity (Wildman–Crippen MR) is 133 cm³/mol. The Balaban J connectivity index is 1.47. The molecule has 174 valence electrons. The molecule has 34 heavy (non-hydrogen) atoms. The van der Waals surface area contributed by atoms with Crippen molar-refractivity contribution < 1.29 is 18.3 Å². The molecular formula is C26H23ClN2O4S. The Kier molecular flexibility index (Phi) is 5.62. The lowest BCUT2D eigenvalue weighted by Crippen LogP contribution is -2.29. The fourth-order valence-electron chi connectivity index (χ4n) is 4.81. The van der Waals surface area contributed by atoms with Gasteiger partial charge >= 0.3 is 5.97 Å². The SMILES string of the molecule is Cc1ccc(Cl)cc1NS(=O)(=O)c1ccc2c(c1)C1C=CCC1C(c1ccc(C(=O)O)cc1)N2. The van der Waals surface area contributed by atoms with Gasteiger partial charge in [-0.3, -0.25) is 4.72 Å². The van der Waals surface area contributed by atoms with E-state index in [0.29, 0.717) is 10.7 Å².